The number of anilines is 1. The SMILES string of the molecule is Cc1ccnc2sc(C(=O)N3CCCC(C)(O)C3)c(N)c12. The van der Waals surface area contributed by atoms with Crippen LogP contribution in [0.15, 0.2) is 12.3 Å². The van der Waals surface area contributed by atoms with E-state index in [2.05, 4.69) is 4.98 Å². The number of nitrogens with zero attached hydrogens (tertiary/aromatic N) is 2. The average Bonchev–Trinajstić information content (AvgIpc) is 2.75. The molecule has 1 amide bonds. The van der Waals surface area contributed by atoms with Crippen LogP contribution in [0.2, 0.25) is 0 Å². The van der Waals surface area contributed by atoms with Crippen molar-refractivity contribution in [2.24, 2.45) is 0 Å². The summed E-state index contributed by atoms with van der Waals surface area (Å²) in [6, 6.07) is 1.89. The van der Waals surface area contributed by atoms with Gasteiger partial charge in [0.25, 0.3) is 5.91 Å². The van der Waals surface area contributed by atoms with E-state index >= 15 is 0 Å². The molecule has 3 heterocycles. The van der Waals surface area contributed by atoms with Gasteiger partial charge in [0.15, 0.2) is 0 Å². The molecule has 1 aliphatic heterocycles. The molecular formula is C15H19N3O2S. The lowest BCUT2D eigenvalue weighted by Crippen LogP contribution is -2.48. The maximum atomic E-state index is 12.7. The third-order valence-electron chi connectivity index (χ3n) is 3.99. The number of amides is 1. The summed E-state index contributed by atoms with van der Waals surface area (Å²) >= 11 is 1.33. The number of nitrogens with two attached hydrogens (primary N) is 1. The van der Waals surface area contributed by atoms with E-state index in [0.29, 0.717) is 23.7 Å². The monoisotopic (exact) mass is 305 g/mol. The predicted octanol–water partition coefficient (Wildman–Crippen LogP) is 2.17. The van der Waals surface area contributed by atoms with Gasteiger partial charge in [-0.25, -0.2) is 4.98 Å². The number of nitrogen functional groups attached to an aromatic ring is 1. The molecule has 5 nitrogen and oxygen atoms in total. The highest BCUT2D eigenvalue weighted by atomic mass is 32.1. The first kappa shape index (κ1) is 14.3. The van der Waals surface area contributed by atoms with Crippen LogP contribution in [-0.4, -0.2) is 39.6 Å². The normalized spacial score (nSPS) is 22.7. The van der Waals surface area contributed by atoms with Crippen molar-refractivity contribution in [3.8, 4) is 0 Å². The number of pyridine rings is 1. The number of piperidine rings is 1. The topological polar surface area (TPSA) is 79.5 Å². The van der Waals surface area contributed by atoms with E-state index in [-0.39, 0.29) is 5.91 Å². The van der Waals surface area contributed by atoms with Crippen LogP contribution in [0, 0.1) is 6.92 Å². The Hall–Kier alpha value is -1.66. The van der Waals surface area contributed by atoms with Crippen LogP contribution in [0.5, 0.6) is 0 Å². The minimum Gasteiger partial charge on any atom is -0.397 e. The van der Waals surface area contributed by atoms with Crippen molar-refractivity contribution in [3.05, 3.63) is 22.7 Å². The Morgan fingerprint density at radius 2 is 2.33 bits per heavy atom. The fraction of sp³-hybridized carbons (Fsp3) is 0.467. The number of rotatable bonds is 1. The minimum absolute atomic E-state index is 0.102. The molecular weight excluding hydrogens is 286 g/mol. The summed E-state index contributed by atoms with van der Waals surface area (Å²) in [6.07, 6.45) is 3.26. The summed E-state index contributed by atoms with van der Waals surface area (Å²) in [6.45, 7) is 4.75. The Morgan fingerprint density at radius 3 is 3.00 bits per heavy atom. The Balaban J connectivity index is 1.99. The largest absolute Gasteiger partial charge is 0.397 e. The molecule has 21 heavy (non-hydrogen) atoms. The molecule has 0 aromatic carbocycles. The molecule has 2 aromatic heterocycles. The zero-order valence-electron chi connectivity index (χ0n) is 12.2. The van der Waals surface area contributed by atoms with Gasteiger partial charge in [0.2, 0.25) is 0 Å². The maximum Gasteiger partial charge on any atom is 0.266 e. The van der Waals surface area contributed by atoms with Gasteiger partial charge in [-0.05, 0) is 38.3 Å². The van der Waals surface area contributed by atoms with Gasteiger partial charge in [0.05, 0.1) is 11.3 Å². The lowest BCUT2D eigenvalue weighted by Gasteiger charge is -2.36. The summed E-state index contributed by atoms with van der Waals surface area (Å²) < 4.78 is 0. The summed E-state index contributed by atoms with van der Waals surface area (Å²) in [7, 11) is 0. The van der Waals surface area contributed by atoms with E-state index in [0.717, 1.165) is 28.6 Å². The number of carbonyl (C=O) groups excluding carboxylic acids is 1. The number of thiophene rings is 1. The summed E-state index contributed by atoms with van der Waals surface area (Å²) in [5.41, 5.74) is 6.90. The Kier molecular flexibility index (Phi) is 3.37. The molecule has 0 saturated carbocycles. The molecule has 0 aliphatic carbocycles. The van der Waals surface area contributed by atoms with Crippen LogP contribution in [0.3, 0.4) is 0 Å². The molecule has 1 fully saturated rings. The zero-order valence-corrected chi connectivity index (χ0v) is 13.0. The van der Waals surface area contributed by atoms with Crippen molar-refractivity contribution >= 4 is 33.1 Å². The van der Waals surface area contributed by atoms with Gasteiger partial charge >= 0.3 is 0 Å². The second-order valence-electron chi connectivity index (χ2n) is 5.98. The first-order valence-corrected chi connectivity index (χ1v) is 7.86. The smallest absolute Gasteiger partial charge is 0.266 e. The van der Waals surface area contributed by atoms with Crippen LogP contribution in [0.1, 0.15) is 35.0 Å². The molecule has 1 aliphatic rings. The molecule has 3 N–H and O–H groups in total. The van der Waals surface area contributed by atoms with Crippen molar-refractivity contribution in [3.63, 3.8) is 0 Å². The molecule has 6 heteroatoms. The molecule has 0 radical (unpaired) electrons. The summed E-state index contributed by atoms with van der Waals surface area (Å²) in [5, 5.41) is 11.0. The quantitative estimate of drug-likeness (QED) is 0.846. The summed E-state index contributed by atoms with van der Waals surface area (Å²) in [5.74, 6) is -0.102. The van der Waals surface area contributed by atoms with Crippen LogP contribution in [0.25, 0.3) is 10.2 Å². The fourth-order valence-electron chi connectivity index (χ4n) is 2.90. The fourth-order valence-corrected chi connectivity index (χ4v) is 4.01. The highest BCUT2D eigenvalue weighted by molar-refractivity contribution is 7.21. The summed E-state index contributed by atoms with van der Waals surface area (Å²) in [4.78, 5) is 20.0. The van der Waals surface area contributed by atoms with Crippen LogP contribution < -0.4 is 5.73 Å². The van der Waals surface area contributed by atoms with Crippen molar-refractivity contribution in [1.29, 1.82) is 0 Å². The number of β-amino-alcohol motifs (C(OH)–C–C–N with tert-alkyl or cyclic N) is 1. The van der Waals surface area contributed by atoms with Crippen LogP contribution in [0.4, 0.5) is 5.69 Å². The number of hydrogen-bond acceptors (Lipinski definition) is 5. The third-order valence-corrected chi connectivity index (χ3v) is 5.10. The van der Waals surface area contributed by atoms with Gasteiger partial charge in [0.1, 0.15) is 9.71 Å². The van der Waals surface area contributed by atoms with E-state index in [4.69, 9.17) is 5.73 Å². The maximum absolute atomic E-state index is 12.7. The van der Waals surface area contributed by atoms with Gasteiger partial charge in [-0.15, -0.1) is 11.3 Å². The molecule has 112 valence electrons. The van der Waals surface area contributed by atoms with Crippen molar-refractivity contribution in [1.82, 2.24) is 9.88 Å². The number of aliphatic hydroxyl groups is 1. The van der Waals surface area contributed by atoms with Gasteiger partial charge < -0.3 is 15.7 Å². The van der Waals surface area contributed by atoms with Crippen LogP contribution >= 0.6 is 11.3 Å². The molecule has 1 saturated heterocycles. The van der Waals surface area contributed by atoms with Crippen LogP contribution in [-0.2, 0) is 0 Å². The average molecular weight is 305 g/mol. The van der Waals surface area contributed by atoms with Crippen molar-refractivity contribution < 1.29 is 9.90 Å². The minimum atomic E-state index is -0.812. The van der Waals surface area contributed by atoms with E-state index in [1.807, 2.05) is 13.0 Å². The third kappa shape index (κ3) is 2.49. The highest BCUT2D eigenvalue weighted by Gasteiger charge is 2.33. The number of fused-ring (bicyclic) bond motifs is 1. The second kappa shape index (κ2) is 4.96. The van der Waals surface area contributed by atoms with Crippen molar-refractivity contribution in [2.75, 3.05) is 18.8 Å². The first-order valence-electron chi connectivity index (χ1n) is 7.04. The number of likely N-dealkylation sites (tertiary alicyclic amines) is 1. The van der Waals surface area contributed by atoms with E-state index in [1.54, 1.807) is 18.0 Å². The number of hydrogen-bond donors (Lipinski definition) is 2. The van der Waals surface area contributed by atoms with Gasteiger partial charge in [0, 0.05) is 24.7 Å². The standard InChI is InChI=1S/C15H19N3O2S/c1-9-4-6-17-13-10(9)11(16)12(21-13)14(19)18-7-3-5-15(2,20)8-18/h4,6,20H,3,5,7-8,16H2,1-2H3. The van der Waals surface area contributed by atoms with E-state index in [9.17, 15) is 9.90 Å². The van der Waals surface area contributed by atoms with E-state index in [1.165, 1.54) is 11.3 Å². The zero-order chi connectivity index (χ0) is 15.2. The molecule has 0 bridgehead atoms. The molecule has 1 unspecified atom stereocenters. The van der Waals surface area contributed by atoms with Crippen molar-refractivity contribution in [2.45, 2.75) is 32.3 Å². The number of aryl methyl sites for hydroxylation is 1. The molecule has 0 spiro atoms. The van der Waals surface area contributed by atoms with Gasteiger partial charge in [-0.2, -0.15) is 0 Å². The lowest BCUT2D eigenvalue weighted by molar-refractivity contribution is -0.0105. The molecule has 1 atom stereocenters. The predicted molar refractivity (Wildman–Crippen MR) is 84.5 cm³/mol. The highest BCUT2D eigenvalue weighted by Crippen LogP contribution is 2.35. The Morgan fingerprint density at radius 1 is 1.57 bits per heavy atom. The van der Waals surface area contributed by atoms with E-state index < -0.39 is 5.60 Å². The lowest BCUT2D eigenvalue weighted by atomic mass is 9.95. The number of carbonyl (C=O) groups is 1. The van der Waals surface area contributed by atoms with Gasteiger partial charge in [-0.3, -0.25) is 4.79 Å². The molecule has 3 rings (SSSR count). The Labute approximate surface area is 127 Å². The Bertz CT molecular complexity index is 708. The first-order chi connectivity index (χ1) is 9.89. The van der Waals surface area contributed by atoms with Gasteiger partial charge in [-0.1, -0.05) is 0 Å². The molecule has 2 aromatic rings. The number of aromatic nitrogens is 1. The second-order valence-corrected chi connectivity index (χ2v) is 6.98.